The van der Waals surface area contributed by atoms with Crippen LogP contribution >= 0.6 is 0 Å². The van der Waals surface area contributed by atoms with Crippen LogP contribution in [0, 0.1) is 142 Å². The van der Waals surface area contributed by atoms with Crippen LogP contribution in [0.4, 0.5) is 0 Å². The van der Waals surface area contributed by atoms with Gasteiger partial charge in [0.15, 0.2) is 0 Å². The molecule has 17 heteroatoms. The summed E-state index contributed by atoms with van der Waals surface area (Å²) in [7, 11) is 0. The van der Waals surface area contributed by atoms with E-state index in [2.05, 4.69) is 0 Å². The number of nitrogens with zero attached hydrogens (tertiary/aromatic N) is 12. The summed E-state index contributed by atoms with van der Waals surface area (Å²) in [5.41, 5.74) is 0. The van der Waals surface area contributed by atoms with Crippen LogP contribution < -0.4 is 0 Å². The van der Waals surface area contributed by atoms with Gasteiger partial charge in [-0.2, -0.15) is 0 Å². The fourth-order valence-electron chi connectivity index (χ4n) is 0. The summed E-state index contributed by atoms with van der Waals surface area (Å²) in [4.78, 5) is 0. The third kappa shape index (κ3) is 997. The third-order valence-electron chi connectivity index (χ3n) is 0. The summed E-state index contributed by atoms with van der Waals surface area (Å²) in [5.74, 6) is 0. The SMILES string of the molecule is [C-]#N.[C-]#N.[C-]#N.[C-]#N.[C-]#N.[C-]#N.[C-]#N.[C-]#N.[C-]#N.[C-]#N.[C-]#N.[C-]#N.[Fe+2].[Fe+2].[Fe+2].[Fe+3].[Fe+3]. The molecular weight excluding hydrogens is 591 g/mol. The van der Waals surface area contributed by atoms with E-state index in [1.165, 1.54) is 0 Å². The van der Waals surface area contributed by atoms with Crippen molar-refractivity contribution in [3.05, 3.63) is 78.9 Å². The summed E-state index contributed by atoms with van der Waals surface area (Å²) < 4.78 is 0. The van der Waals surface area contributed by atoms with Crippen LogP contribution in [0.2, 0.25) is 0 Å². The Kier molecular flexibility index (Phi) is 7960. The topological polar surface area (TPSA) is 285 Å². The van der Waals surface area contributed by atoms with Crippen molar-refractivity contribution in [2.45, 2.75) is 0 Å². The van der Waals surface area contributed by atoms with Crippen molar-refractivity contribution in [3.8, 4) is 0 Å². The Labute approximate surface area is 226 Å². The molecule has 0 rings (SSSR count). The fraction of sp³-hybridized carbons (Fsp3) is 0. The fourth-order valence-corrected chi connectivity index (χ4v) is 0. The molecule has 12 nitrogen and oxygen atoms in total. The molecule has 0 spiro atoms. The predicted octanol–water partition coefficient (Wildman–Crippen LogP) is 1.14. The maximum atomic E-state index is 6.25. The molecule has 0 unspecified atom stereocenters. The Morgan fingerprint density at radius 3 is 0.172 bits per heavy atom. The predicted molar refractivity (Wildman–Crippen MR) is 59.6 cm³/mol. The zero-order valence-corrected chi connectivity index (χ0v) is 18.7. The van der Waals surface area contributed by atoms with Crippen LogP contribution in [-0.4, -0.2) is 0 Å². The molecule has 148 valence electrons. The molecule has 0 atom stereocenters. The van der Waals surface area contributed by atoms with E-state index in [1.807, 2.05) is 0 Å². The number of rotatable bonds is 0. The van der Waals surface area contributed by atoms with E-state index in [0.29, 0.717) is 0 Å². The van der Waals surface area contributed by atoms with E-state index in [9.17, 15) is 0 Å². The molecule has 29 heavy (non-hydrogen) atoms. The quantitative estimate of drug-likeness (QED) is 0.283. The smallest absolute Gasteiger partial charge is 0.512 e. The van der Waals surface area contributed by atoms with Gasteiger partial charge in [-0.15, -0.1) is 0 Å². The first-order valence-corrected chi connectivity index (χ1v) is 2.68. The van der Waals surface area contributed by atoms with E-state index in [-0.39, 0.29) is 85.3 Å². The molecule has 0 aliphatic carbocycles. The summed E-state index contributed by atoms with van der Waals surface area (Å²) in [6.07, 6.45) is 0. The van der Waals surface area contributed by atoms with Gasteiger partial charge in [-0.1, -0.05) is 0 Å². The zero-order chi connectivity index (χ0) is 24.0. The molecule has 0 heterocycles. The molecule has 0 aliphatic rings. The van der Waals surface area contributed by atoms with Gasteiger partial charge in [-0.3, -0.25) is 0 Å². The van der Waals surface area contributed by atoms with Crippen LogP contribution in [0.1, 0.15) is 0 Å². The first-order valence-electron chi connectivity index (χ1n) is 2.68. The van der Waals surface area contributed by atoms with E-state index in [4.69, 9.17) is 142 Å². The Morgan fingerprint density at radius 1 is 0.172 bits per heavy atom. The Balaban J connectivity index is -0.00000000356. The van der Waals surface area contributed by atoms with Crippen LogP contribution in [0.5, 0.6) is 0 Å². The van der Waals surface area contributed by atoms with Gasteiger partial charge in [0.05, 0.1) is 0 Å². The van der Waals surface area contributed by atoms with Crippen molar-refractivity contribution in [3.63, 3.8) is 0 Å². The first-order chi connectivity index (χ1) is 12.0. The van der Waals surface area contributed by atoms with Gasteiger partial charge in [0, 0.05) is 0 Å². The molecular formula is C12Fe5N12. The van der Waals surface area contributed by atoms with E-state index < -0.39 is 0 Å². The molecule has 0 amide bonds. The monoisotopic (exact) mass is 592 g/mol. The minimum atomic E-state index is 0. The summed E-state index contributed by atoms with van der Waals surface area (Å²) in [6.45, 7) is 57.0. The average molecular weight is 591 g/mol. The number of hydrogen-bond donors (Lipinski definition) is 0. The summed E-state index contributed by atoms with van der Waals surface area (Å²) in [5, 5.41) is 75.0. The van der Waals surface area contributed by atoms with Gasteiger partial charge < -0.3 is 142 Å². The van der Waals surface area contributed by atoms with Gasteiger partial charge in [0.1, 0.15) is 0 Å². The van der Waals surface area contributed by atoms with Crippen molar-refractivity contribution in [2.75, 3.05) is 0 Å². The minimum Gasteiger partial charge on any atom is -0.512 e. The first kappa shape index (κ1) is 212. The molecule has 0 saturated carbocycles. The molecule has 0 aromatic rings. The Hall–Kier alpha value is -3.52. The number of hydrogen-bond acceptors (Lipinski definition) is 12. The second-order valence-corrected chi connectivity index (χ2v) is 0. The molecule has 0 N–H and O–H groups in total. The normalized spacial score (nSPS) is 0.828. The van der Waals surface area contributed by atoms with Crippen molar-refractivity contribution in [2.24, 2.45) is 0 Å². The summed E-state index contributed by atoms with van der Waals surface area (Å²) in [6, 6.07) is 0. The van der Waals surface area contributed by atoms with Crippen LogP contribution in [0.15, 0.2) is 0 Å². The van der Waals surface area contributed by atoms with E-state index in [0.717, 1.165) is 0 Å². The van der Waals surface area contributed by atoms with Gasteiger partial charge in [0.2, 0.25) is 0 Å². The molecule has 0 aromatic heterocycles. The zero-order valence-electron chi connectivity index (χ0n) is 13.1. The largest absolute Gasteiger partial charge is 3.00 e. The second kappa shape index (κ2) is 1090. The van der Waals surface area contributed by atoms with Crippen molar-refractivity contribution in [1.82, 2.24) is 0 Å². The average Bonchev–Trinajstić information content (AvgIpc) is 2.84. The molecule has 0 saturated heterocycles. The molecule has 0 bridgehead atoms. The second-order valence-electron chi connectivity index (χ2n) is 0. The van der Waals surface area contributed by atoms with Crippen LogP contribution in [0.3, 0.4) is 0 Å². The summed E-state index contributed by atoms with van der Waals surface area (Å²) >= 11 is 0. The molecule has 0 aliphatic heterocycles. The standard InChI is InChI=1S/12CN.5Fe/c12*1-2;;;;;/q12*-1;3*+2;2*+3. The van der Waals surface area contributed by atoms with Crippen molar-refractivity contribution < 1.29 is 85.3 Å². The maximum absolute atomic E-state index is 6.25. The van der Waals surface area contributed by atoms with E-state index >= 15 is 0 Å². The third-order valence-corrected chi connectivity index (χ3v) is 0. The Morgan fingerprint density at radius 2 is 0.172 bits per heavy atom. The van der Waals surface area contributed by atoms with Crippen LogP contribution in [0.25, 0.3) is 0 Å². The molecule has 2 radical (unpaired) electrons. The minimum absolute atomic E-state index is 0. The molecule has 0 fully saturated rings. The van der Waals surface area contributed by atoms with Gasteiger partial charge in [-0.05, 0) is 0 Å². The van der Waals surface area contributed by atoms with E-state index in [1.54, 1.807) is 0 Å². The van der Waals surface area contributed by atoms with Gasteiger partial charge >= 0.3 is 85.3 Å². The molecule has 0 aromatic carbocycles. The van der Waals surface area contributed by atoms with Gasteiger partial charge in [0.25, 0.3) is 0 Å². The van der Waals surface area contributed by atoms with Crippen LogP contribution in [-0.2, 0) is 85.3 Å². The van der Waals surface area contributed by atoms with Crippen molar-refractivity contribution in [1.29, 1.82) is 63.1 Å². The Bertz CT molecular complexity index is 229. The van der Waals surface area contributed by atoms with Gasteiger partial charge in [-0.25, -0.2) is 0 Å². The maximum Gasteiger partial charge on any atom is 3.00 e. The van der Waals surface area contributed by atoms with Crippen molar-refractivity contribution >= 4 is 0 Å².